The van der Waals surface area contributed by atoms with Crippen molar-refractivity contribution < 1.29 is 5.11 Å². The van der Waals surface area contributed by atoms with E-state index in [0.29, 0.717) is 11.8 Å². The van der Waals surface area contributed by atoms with E-state index < -0.39 is 0 Å². The molecular formula is C17H26N2O. The Balaban J connectivity index is 1.66. The number of hydrogen-bond donors (Lipinski definition) is 2. The van der Waals surface area contributed by atoms with E-state index in [1.807, 2.05) is 12.1 Å². The van der Waals surface area contributed by atoms with E-state index in [1.54, 1.807) is 6.07 Å². The van der Waals surface area contributed by atoms with Gasteiger partial charge in [0.1, 0.15) is 5.75 Å². The zero-order valence-electron chi connectivity index (χ0n) is 12.4. The van der Waals surface area contributed by atoms with Crippen LogP contribution in [0.3, 0.4) is 0 Å². The Bertz CT molecular complexity index is 442. The van der Waals surface area contributed by atoms with E-state index in [9.17, 15) is 5.11 Å². The number of nitrogens with zero attached hydrogens (tertiary/aromatic N) is 1. The van der Waals surface area contributed by atoms with Crippen molar-refractivity contribution in [2.24, 2.45) is 5.92 Å². The van der Waals surface area contributed by atoms with Gasteiger partial charge in [-0.25, -0.2) is 0 Å². The molecule has 2 fully saturated rings. The van der Waals surface area contributed by atoms with E-state index in [0.717, 1.165) is 12.0 Å². The van der Waals surface area contributed by atoms with Crippen LogP contribution in [0.4, 0.5) is 0 Å². The van der Waals surface area contributed by atoms with Crippen LogP contribution in [0, 0.1) is 5.92 Å². The molecule has 0 amide bonds. The molecule has 2 saturated heterocycles. The number of likely N-dealkylation sites (tertiary alicyclic amines) is 1. The largest absolute Gasteiger partial charge is 0.508 e. The fourth-order valence-corrected chi connectivity index (χ4v) is 3.83. The molecule has 0 saturated carbocycles. The second kappa shape index (κ2) is 6.15. The highest BCUT2D eigenvalue weighted by Crippen LogP contribution is 2.31. The van der Waals surface area contributed by atoms with E-state index in [4.69, 9.17) is 0 Å². The highest BCUT2D eigenvalue weighted by Gasteiger charge is 2.30. The molecule has 0 aliphatic carbocycles. The summed E-state index contributed by atoms with van der Waals surface area (Å²) < 4.78 is 0. The number of piperidine rings is 1. The summed E-state index contributed by atoms with van der Waals surface area (Å²) in [6.45, 7) is 5.83. The Labute approximate surface area is 122 Å². The van der Waals surface area contributed by atoms with Gasteiger partial charge >= 0.3 is 0 Å². The lowest BCUT2D eigenvalue weighted by molar-refractivity contribution is 0.114. The molecule has 0 bridgehead atoms. The number of phenolic OH excluding ortho intramolecular Hbond substituents is 1. The number of aromatic hydroxyl groups is 1. The zero-order valence-corrected chi connectivity index (χ0v) is 12.4. The van der Waals surface area contributed by atoms with Crippen LogP contribution >= 0.6 is 0 Å². The van der Waals surface area contributed by atoms with Crippen molar-refractivity contribution >= 4 is 0 Å². The molecule has 2 heterocycles. The van der Waals surface area contributed by atoms with Crippen molar-refractivity contribution in [3.05, 3.63) is 29.8 Å². The van der Waals surface area contributed by atoms with Gasteiger partial charge in [0.2, 0.25) is 0 Å². The maximum atomic E-state index is 9.66. The monoisotopic (exact) mass is 274 g/mol. The number of phenols is 1. The Hall–Kier alpha value is -1.06. The average Bonchev–Trinajstić information content (AvgIpc) is 3.01. The molecule has 2 N–H and O–H groups in total. The molecule has 0 spiro atoms. The normalized spacial score (nSPS) is 29.4. The molecule has 1 aromatic carbocycles. The molecule has 3 unspecified atom stereocenters. The van der Waals surface area contributed by atoms with Crippen LogP contribution in [0.2, 0.25) is 0 Å². The fourth-order valence-electron chi connectivity index (χ4n) is 3.83. The van der Waals surface area contributed by atoms with Crippen LogP contribution in [-0.4, -0.2) is 35.7 Å². The lowest BCUT2D eigenvalue weighted by Crippen LogP contribution is -2.44. The Morgan fingerprint density at radius 3 is 2.95 bits per heavy atom. The van der Waals surface area contributed by atoms with Crippen LogP contribution in [0.5, 0.6) is 5.75 Å². The molecule has 0 radical (unpaired) electrons. The molecule has 3 heteroatoms. The van der Waals surface area contributed by atoms with Crippen LogP contribution in [0.25, 0.3) is 0 Å². The van der Waals surface area contributed by atoms with Crippen LogP contribution < -0.4 is 5.32 Å². The van der Waals surface area contributed by atoms with Gasteiger partial charge in [0.15, 0.2) is 0 Å². The third-order valence-electron chi connectivity index (χ3n) is 5.06. The second-order valence-corrected chi connectivity index (χ2v) is 6.37. The number of hydrogen-bond acceptors (Lipinski definition) is 3. The van der Waals surface area contributed by atoms with Crippen LogP contribution in [-0.2, 0) is 0 Å². The molecule has 2 aliphatic rings. The molecule has 3 rings (SSSR count). The first-order valence-corrected chi connectivity index (χ1v) is 8.00. The van der Waals surface area contributed by atoms with Gasteiger partial charge in [-0.05, 0) is 69.3 Å². The molecule has 20 heavy (non-hydrogen) atoms. The first-order valence-electron chi connectivity index (χ1n) is 8.00. The topological polar surface area (TPSA) is 35.5 Å². The predicted molar refractivity (Wildman–Crippen MR) is 81.8 cm³/mol. The number of nitrogens with one attached hydrogen (secondary N) is 1. The van der Waals surface area contributed by atoms with Gasteiger partial charge in [-0.2, -0.15) is 0 Å². The van der Waals surface area contributed by atoms with Gasteiger partial charge in [0.05, 0.1) is 0 Å². The van der Waals surface area contributed by atoms with E-state index >= 15 is 0 Å². The third-order valence-corrected chi connectivity index (χ3v) is 5.06. The minimum absolute atomic E-state index is 0.375. The average molecular weight is 274 g/mol. The summed E-state index contributed by atoms with van der Waals surface area (Å²) >= 11 is 0. The van der Waals surface area contributed by atoms with Gasteiger partial charge in [0, 0.05) is 18.6 Å². The van der Waals surface area contributed by atoms with Crippen molar-refractivity contribution in [2.75, 3.05) is 19.6 Å². The lowest BCUT2D eigenvalue weighted by Gasteiger charge is -2.39. The molecule has 3 atom stereocenters. The van der Waals surface area contributed by atoms with Gasteiger partial charge in [0.25, 0.3) is 0 Å². The third kappa shape index (κ3) is 2.99. The molecule has 110 valence electrons. The summed E-state index contributed by atoms with van der Waals surface area (Å²) in [7, 11) is 0. The Morgan fingerprint density at radius 1 is 1.30 bits per heavy atom. The molecule has 2 aliphatic heterocycles. The molecule has 1 aromatic rings. The summed E-state index contributed by atoms with van der Waals surface area (Å²) in [6, 6.07) is 8.85. The summed E-state index contributed by atoms with van der Waals surface area (Å²) in [5.74, 6) is 1.17. The van der Waals surface area contributed by atoms with Crippen molar-refractivity contribution in [3.63, 3.8) is 0 Å². The highest BCUT2D eigenvalue weighted by atomic mass is 16.3. The Kier molecular flexibility index (Phi) is 4.27. The van der Waals surface area contributed by atoms with Gasteiger partial charge in [-0.1, -0.05) is 12.1 Å². The first kappa shape index (κ1) is 13.9. The Morgan fingerprint density at radius 2 is 2.20 bits per heavy atom. The second-order valence-electron chi connectivity index (χ2n) is 6.37. The number of benzene rings is 1. The first-order chi connectivity index (χ1) is 9.74. The van der Waals surface area contributed by atoms with Gasteiger partial charge < -0.3 is 10.4 Å². The highest BCUT2D eigenvalue weighted by molar-refractivity contribution is 5.29. The SMILES string of the molecule is CC(c1cccc(O)c1)N1CCCC(C2CCCN2)C1. The number of rotatable bonds is 3. The summed E-state index contributed by atoms with van der Waals surface area (Å²) in [4.78, 5) is 2.59. The minimum atomic E-state index is 0.375. The van der Waals surface area contributed by atoms with Crippen molar-refractivity contribution in [1.29, 1.82) is 0 Å². The molecule has 0 aromatic heterocycles. The van der Waals surface area contributed by atoms with E-state index in [-0.39, 0.29) is 0 Å². The van der Waals surface area contributed by atoms with Crippen molar-refractivity contribution in [1.82, 2.24) is 10.2 Å². The smallest absolute Gasteiger partial charge is 0.115 e. The van der Waals surface area contributed by atoms with Gasteiger partial charge in [-0.3, -0.25) is 4.90 Å². The van der Waals surface area contributed by atoms with E-state index in [1.165, 1.54) is 50.9 Å². The van der Waals surface area contributed by atoms with Crippen LogP contribution in [0.1, 0.15) is 44.2 Å². The molecular weight excluding hydrogens is 248 g/mol. The maximum absolute atomic E-state index is 9.66. The minimum Gasteiger partial charge on any atom is -0.508 e. The summed E-state index contributed by atoms with van der Waals surface area (Å²) in [5, 5.41) is 13.3. The van der Waals surface area contributed by atoms with Crippen LogP contribution in [0.15, 0.2) is 24.3 Å². The summed E-state index contributed by atoms with van der Waals surface area (Å²) in [6.07, 6.45) is 5.34. The predicted octanol–water partition coefficient (Wildman–Crippen LogP) is 2.92. The van der Waals surface area contributed by atoms with Crippen molar-refractivity contribution in [2.45, 2.75) is 44.7 Å². The summed E-state index contributed by atoms with van der Waals surface area (Å²) in [5.41, 5.74) is 1.23. The quantitative estimate of drug-likeness (QED) is 0.889. The zero-order chi connectivity index (χ0) is 13.9. The van der Waals surface area contributed by atoms with E-state index in [2.05, 4.69) is 23.2 Å². The fraction of sp³-hybridized carbons (Fsp3) is 0.647. The van der Waals surface area contributed by atoms with Gasteiger partial charge in [-0.15, -0.1) is 0 Å². The standard InChI is InChI=1S/C17H26N2O/c1-13(14-5-2-7-16(20)11-14)19-10-4-6-15(12-19)17-8-3-9-18-17/h2,5,7,11,13,15,17-18,20H,3-4,6,8-10,12H2,1H3. The molecule has 3 nitrogen and oxygen atoms in total. The van der Waals surface area contributed by atoms with Crippen molar-refractivity contribution in [3.8, 4) is 5.75 Å². The lowest BCUT2D eigenvalue weighted by atomic mass is 9.88. The maximum Gasteiger partial charge on any atom is 0.115 e.